The molecule has 1 atom stereocenters. The molecule has 1 aromatic carbocycles. The van der Waals surface area contributed by atoms with Gasteiger partial charge in [0, 0.05) is 26.2 Å². The Morgan fingerprint density at radius 1 is 0.806 bits per heavy atom. The predicted octanol–water partition coefficient (Wildman–Crippen LogP) is 3.45. The van der Waals surface area contributed by atoms with Crippen molar-refractivity contribution in [1.82, 2.24) is 20.0 Å². The highest BCUT2D eigenvalue weighted by molar-refractivity contribution is 8.00. The number of benzene rings is 1. The van der Waals surface area contributed by atoms with Gasteiger partial charge in [-0.05, 0) is 44.1 Å². The monoisotopic (exact) mass is 439 g/mol. The van der Waals surface area contributed by atoms with Gasteiger partial charge in [-0.1, -0.05) is 30.3 Å². The Morgan fingerprint density at radius 3 is 1.97 bits per heavy atom. The number of amides is 1. The highest BCUT2D eigenvalue weighted by Crippen LogP contribution is 2.38. The fourth-order valence-electron chi connectivity index (χ4n) is 4.39. The van der Waals surface area contributed by atoms with Crippen LogP contribution in [-0.4, -0.2) is 57.8 Å². The van der Waals surface area contributed by atoms with Crippen LogP contribution in [0.25, 0.3) is 0 Å². The van der Waals surface area contributed by atoms with Crippen molar-refractivity contribution in [3.63, 3.8) is 0 Å². The van der Waals surface area contributed by atoms with Crippen LogP contribution in [0.2, 0.25) is 0 Å². The van der Waals surface area contributed by atoms with Gasteiger partial charge in [0.1, 0.15) is 5.37 Å². The first-order chi connectivity index (χ1) is 15.3. The second-order valence-corrected chi connectivity index (χ2v) is 9.37. The Kier molecular flexibility index (Phi) is 6.11. The van der Waals surface area contributed by atoms with Crippen LogP contribution >= 0.6 is 11.8 Å². The largest absolute Gasteiger partial charge is 0.341 e. The maximum atomic E-state index is 12.7. The van der Waals surface area contributed by atoms with E-state index in [1.54, 1.807) is 16.8 Å². The molecular formula is C22H29N7OS. The molecule has 4 heterocycles. The second-order valence-electron chi connectivity index (χ2n) is 8.30. The summed E-state index contributed by atoms with van der Waals surface area (Å²) in [7, 11) is 0. The van der Waals surface area contributed by atoms with E-state index in [2.05, 4.69) is 27.4 Å². The number of carbonyl (C=O) groups excluding carboxylic acids is 1. The van der Waals surface area contributed by atoms with E-state index in [0.717, 1.165) is 57.4 Å². The number of nitrogens with one attached hydrogen (secondary N) is 1. The highest BCUT2D eigenvalue weighted by atomic mass is 32.2. The number of carbonyl (C=O) groups is 1. The molecule has 1 amide bonds. The molecule has 31 heavy (non-hydrogen) atoms. The molecule has 0 radical (unpaired) electrons. The lowest BCUT2D eigenvalue weighted by molar-refractivity contribution is -0.126. The van der Waals surface area contributed by atoms with Crippen molar-refractivity contribution in [3.8, 4) is 0 Å². The number of hydrogen-bond donors (Lipinski definition) is 1. The second kappa shape index (κ2) is 9.30. The van der Waals surface area contributed by atoms with E-state index in [-0.39, 0.29) is 11.3 Å². The minimum absolute atomic E-state index is 0.0401. The third-order valence-corrected chi connectivity index (χ3v) is 7.28. The van der Waals surface area contributed by atoms with Gasteiger partial charge in [-0.15, -0.1) is 11.8 Å². The van der Waals surface area contributed by atoms with Crippen molar-refractivity contribution >= 4 is 35.5 Å². The molecule has 164 valence electrons. The third kappa shape index (κ3) is 4.56. The van der Waals surface area contributed by atoms with Gasteiger partial charge in [0.25, 0.3) is 5.91 Å². The SMILES string of the molecule is O=C1CSC(c2ccccc2)N1Nc1nc(N2CCCCC2)nc(N2CCCCC2)n1. The molecule has 3 aliphatic heterocycles. The van der Waals surface area contributed by atoms with Gasteiger partial charge >= 0.3 is 0 Å². The van der Waals surface area contributed by atoms with Crippen molar-refractivity contribution < 1.29 is 4.79 Å². The Bertz CT molecular complexity index is 864. The van der Waals surface area contributed by atoms with Crippen LogP contribution in [0.15, 0.2) is 30.3 Å². The zero-order valence-electron chi connectivity index (χ0n) is 17.7. The average molecular weight is 440 g/mol. The van der Waals surface area contributed by atoms with Gasteiger partial charge in [-0.3, -0.25) is 10.2 Å². The van der Waals surface area contributed by atoms with Crippen molar-refractivity contribution in [2.45, 2.75) is 43.9 Å². The van der Waals surface area contributed by atoms with Crippen LogP contribution in [0.1, 0.15) is 49.5 Å². The third-order valence-electron chi connectivity index (χ3n) is 6.06. The molecule has 0 spiro atoms. The minimum atomic E-state index is -0.0951. The number of aromatic nitrogens is 3. The first kappa shape index (κ1) is 20.4. The van der Waals surface area contributed by atoms with Crippen LogP contribution in [0.5, 0.6) is 0 Å². The smallest absolute Gasteiger partial charge is 0.252 e. The minimum Gasteiger partial charge on any atom is -0.341 e. The Morgan fingerprint density at radius 2 is 1.39 bits per heavy atom. The summed E-state index contributed by atoms with van der Waals surface area (Å²) in [6, 6.07) is 10.1. The summed E-state index contributed by atoms with van der Waals surface area (Å²) >= 11 is 1.62. The molecule has 0 aliphatic carbocycles. The van der Waals surface area contributed by atoms with Gasteiger partial charge in [0.15, 0.2) is 0 Å². The van der Waals surface area contributed by atoms with Gasteiger partial charge in [0.05, 0.1) is 5.75 Å². The van der Waals surface area contributed by atoms with E-state index in [0.29, 0.717) is 23.6 Å². The number of thioether (sulfide) groups is 1. The van der Waals surface area contributed by atoms with Crippen LogP contribution in [0, 0.1) is 0 Å². The number of anilines is 3. The molecular weight excluding hydrogens is 410 g/mol. The molecule has 0 saturated carbocycles. The van der Waals surface area contributed by atoms with Gasteiger partial charge in [-0.25, -0.2) is 5.01 Å². The van der Waals surface area contributed by atoms with E-state index >= 15 is 0 Å². The number of rotatable bonds is 5. The lowest BCUT2D eigenvalue weighted by Gasteiger charge is -2.31. The fraction of sp³-hybridized carbons (Fsp3) is 0.545. The van der Waals surface area contributed by atoms with E-state index < -0.39 is 0 Å². The molecule has 3 fully saturated rings. The summed E-state index contributed by atoms with van der Waals surface area (Å²) < 4.78 is 0. The normalized spacial score (nSPS) is 22.1. The number of piperidine rings is 2. The summed E-state index contributed by atoms with van der Waals surface area (Å²) in [4.78, 5) is 31.5. The average Bonchev–Trinajstić information content (AvgIpc) is 3.20. The highest BCUT2D eigenvalue weighted by Gasteiger charge is 2.34. The molecule has 1 unspecified atom stereocenters. The number of hydrazine groups is 1. The van der Waals surface area contributed by atoms with E-state index in [9.17, 15) is 4.79 Å². The van der Waals surface area contributed by atoms with Crippen molar-refractivity contribution in [2.75, 3.05) is 47.2 Å². The van der Waals surface area contributed by atoms with E-state index in [4.69, 9.17) is 15.0 Å². The summed E-state index contributed by atoms with van der Waals surface area (Å²) in [6.07, 6.45) is 7.14. The first-order valence-electron chi connectivity index (χ1n) is 11.3. The zero-order valence-corrected chi connectivity index (χ0v) is 18.6. The van der Waals surface area contributed by atoms with Crippen LogP contribution < -0.4 is 15.2 Å². The molecule has 3 aliphatic rings. The summed E-state index contributed by atoms with van der Waals surface area (Å²) in [5, 5.41) is 1.58. The zero-order chi connectivity index (χ0) is 21.0. The molecule has 1 N–H and O–H groups in total. The maximum absolute atomic E-state index is 12.7. The summed E-state index contributed by atoms with van der Waals surface area (Å²) in [6.45, 7) is 3.87. The molecule has 0 bridgehead atoms. The van der Waals surface area contributed by atoms with Gasteiger partial charge < -0.3 is 9.80 Å². The Hall–Kier alpha value is -2.55. The van der Waals surface area contributed by atoms with E-state index in [1.807, 2.05) is 18.2 Å². The lowest BCUT2D eigenvalue weighted by Crippen LogP contribution is -2.37. The molecule has 9 heteroatoms. The van der Waals surface area contributed by atoms with Crippen molar-refractivity contribution in [2.24, 2.45) is 0 Å². The fourth-order valence-corrected chi connectivity index (χ4v) is 5.50. The number of nitrogens with zero attached hydrogens (tertiary/aromatic N) is 6. The van der Waals surface area contributed by atoms with Crippen LogP contribution in [-0.2, 0) is 4.79 Å². The molecule has 3 saturated heterocycles. The van der Waals surface area contributed by atoms with Gasteiger partial charge in [0.2, 0.25) is 17.8 Å². The summed E-state index contributed by atoms with van der Waals surface area (Å²) in [5.74, 6) is 2.36. The quantitative estimate of drug-likeness (QED) is 0.759. The lowest BCUT2D eigenvalue weighted by atomic mass is 10.1. The van der Waals surface area contributed by atoms with E-state index in [1.165, 1.54) is 12.8 Å². The molecule has 5 rings (SSSR count). The standard InChI is InChI=1S/C22H29N7OS/c30-18-16-31-19(17-10-4-1-5-11-17)29(18)26-20-23-21(27-12-6-2-7-13-27)25-22(24-20)28-14-8-3-9-15-28/h1,4-5,10-11,19H,2-3,6-9,12-16H2,(H,23,24,25,26). The van der Waals surface area contributed by atoms with Crippen molar-refractivity contribution in [1.29, 1.82) is 0 Å². The van der Waals surface area contributed by atoms with Crippen molar-refractivity contribution in [3.05, 3.63) is 35.9 Å². The summed E-state index contributed by atoms with van der Waals surface area (Å²) in [5.41, 5.74) is 4.34. The molecule has 1 aromatic heterocycles. The Balaban J connectivity index is 1.44. The molecule has 2 aromatic rings. The first-order valence-corrected chi connectivity index (χ1v) is 12.3. The van der Waals surface area contributed by atoms with Crippen LogP contribution in [0.3, 0.4) is 0 Å². The predicted molar refractivity (Wildman–Crippen MR) is 124 cm³/mol. The molecule has 8 nitrogen and oxygen atoms in total. The van der Waals surface area contributed by atoms with Gasteiger partial charge in [-0.2, -0.15) is 15.0 Å². The number of hydrogen-bond acceptors (Lipinski definition) is 8. The topological polar surface area (TPSA) is 77.5 Å². The Labute approximate surface area is 187 Å². The van der Waals surface area contributed by atoms with Crippen LogP contribution in [0.4, 0.5) is 17.8 Å². The maximum Gasteiger partial charge on any atom is 0.252 e.